The maximum Gasteiger partial charge on any atom is 0.0384 e. The highest BCUT2D eigenvalue weighted by molar-refractivity contribution is 7.99. The Morgan fingerprint density at radius 1 is 1.33 bits per heavy atom. The fourth-order valence-corrected chi connectivity index (χ4v) is 4.48. The summed E-state index contributed by atoms with van der Waals surface area (Å²) in [5, 5.41) is 4.48. The first-order valence-corrected chi connectivity index (χ1v) is 9.20. The van der Waals surface area contributed by atoms with Crippen molar-refractivity contribution in [2.24, 2.45) is 5.41 Å². The van der Waals surface area contributed by atoms with Crippen LogP contribution in [0.1, 0.15) is 39.3 Å². The lowest BCUT2D eigenvalue weighted by atomic mass is 9.79. The lowest BCUT2D eigenvalue weighted by Gasteiger charge is -2.41. The average Bonchev–Trinajstić information content (AvgIpc) is 2.45. The predicted octanol–water partition coefficient (Wildman–Crippen LogP) is 3.80. The normalized spacial score (nSPS) is 22.2. The summed E-state index contributed by atoms with van der Waals surface area (Å²) in [6.45, 7) is 14.0. The number of benzene rings is 1. The molecular weight excluding hydrogens is 276 g/mol. The summed E-state index contributed by atoms with van der Waals surface area (Å²) >= 11 is 2.11. The number of nitrogens with one attached hydrogen (secondary N) is 1. The van der Waals surface area contributed by atoms with Gasteiger partial charge in [0.25, 0.3) is 0 Å². The van der Waals surface area contributed by atoms with Crippen molar-refractivity contribution >= 4 is 11.8 Å². The van der Waals surface area contributed by atoms with Crippen LogP contribution < -0.4 is 5.32 Å². The topological polar surface area (TPSA) is 15.3 Å². The maximum atomic E-state index is 3.71. The minimum absolute atomic E-state index is 0.221. The second-order valence-electron chi connectivity index (χ2n) is 6.81. The van der Waals surface area contributed by atoms with Gasteiger partial charge in [-0.15, -0.1) is 0 Å². The van der Waals surface area contributed by atoms with Crippen LogP contribution in [0.15, 0.2) is 30.3 Å². The Bertz CT molecular complexity index is 418. The summed E-state index contributed by atoms with van der Waals surface area (Å²) in [5.74, 6) is 1.27. The van der Waals surface area contributed by atoms with E-state index in [9.17, 15) is 0 Å². The van der Waals surface area contributed by atoms with Crippen molar-refractivity contribution in [3.63, 3.8) is 0 Å². The summed E-state index contributed by atoms with van der Waals surface area (Å²) in [7, 11) is 0. The quantitative estimate of drug-likeness (QED) is 0.860. The van der Waals surface area contributed by atoms with Gasteiger partial charge in [-0.2, -0.15) is 11.8 Å². The first kappa shape index (κ1) is 16.9. The Balaban J connectivity index is 2.10. The minimum atomic E-state index is 0.221. The van der Waals surface area contributed by atoms with E-state index >= 15 is 0 Å². The number of hydrogen-bond acceptors (Lipinski definition) is 3. The standard InChI is InChI=1S/C18H30N2S/c1-5-19-17(16-9-7-6-8-10-16)18(3,4)14-20-11-12-21-15(2)13-20/h6-10,15,17,19H,5,11-14H2,1-4H3. The molecule has 1 fully saturated rings. The van der Waals surface area contributed by atoms with E-state index in [-0.39, 0.29) is 5.41 Å². The molecule has 0 bridgehead atoms. The lowest BCUT2D eigenvalue weighted by molar-refractivity contribution is 0.140. The molecule has 2 unspecified atom stereocenters. The Labute approximate surface area is 134 Å². The van der Waals surface area contributed by atoms with Crippen LogP contribution in [0.4, 0.5) is 0 Å². The molecule has 2 atom stereocenters. The van der Waals surface area contributed by atoms with Gasteiger partial charge in [0, 0.05) is 36.7 Å². The average molecular weight is 307 g/mol. The molecule has 0 aliphatic carbocycles. The van der Waals surface area contributed by atoms with Gasteiger partial charge >= 0.3 is 0 Å². The van der Waals surface area contributed by atoms with E-state index in [0.717, 1.165) is 18.3 Å². The molecule has 1 saturated heterocycles. The van der Waals surface area contributed by atoms with E-state index in [1.54, 1.807) is 0 Å². The van der Waals surface area contributed by atoms with Crippen molar-refractivity contribution in [1.29, 1.82) is 0 Å². The zero-order valence-electron chi connectivity index (χ0n) is 13.9. The highest BCUT2D eigenvalue weighted by Crippen LogP contribution is 2.35. The molecule has 1 aromatic carbocycles. The van der Waals surface area contributed by atoms with Gasteiger partial charge in [0.15, 0.2) is 0 Å². The fraction of sp³-hybridized carbons (Fsp3) is 0.667. The van der Waals surface area contributed by atoms with E-state index in [1.165, 1.54) is 24.4 Å². The molecular formula is C18H30N2S. The van der Waals surface area contributed by atoms with Crippen LogP contribution in [0, 0.1) is 5.41 Å². The number of hydrogen-bond donors (Lipinski definition) is 1. The smallest absolute Gasteiger partial charge is 0.0384 e. The van der Waals surface area contributed by atoms with Gasteiger partial charge in [-0.3, -0.25) is 0 Å². The summed E-state index contributed by atoms with van der Waals surface area (Å²) in [4.78, 5) is 2.65. The molecule has 0 aromatic heterocycles. The molecule has 2 rings (SSSR count). The molecule has 2 nitrogen and oxygen atoms in total. The first-order chi connectivity index (χ1) is 10.0. The molecule has 0 spiro atoms. The first-order valence-electron chi connectivity index (χ1n) is 8.15. The van der Waals surface area contributed by atoms with Gasteiger partial charge in [-0.1, -0.05) is 58.0 Å². The SMILES string of the molecule is CCNC(c1ccccc1)C(C)(C)CN1CCSC(C)C1. The van der Waals surface area contributed by atoms with E-state index in [0.29, 0.717) is 6.04 Å². The van der Waals surface area contributed by atoms with Crippen molar-refractivity contribution in [3.05, 3.63) is 35.9 Å². The molecule has 3 heteroatoms. The van der Waals surface area contributed by atoms with Crippen LogP contribution in [0.2, 0.25) is 0 Å². The van der Waals surface area contributed by atoms with Crippen LogP contribution in [-0.4, -0.2) is 42.1 Å². The Kier molecular flexibility index (Phi) is 6.15. The van der Waals surface area contributed by atoms with Crippen molar-refractivity contribution in [2.75, 3.05) is 31.9 Å². The maximum absolute atomic E-state index is 3.71. The zero-order valence-corrected chi connectivity index (χ0v) is 14.7. The van der Waals surface area contributed by atoms with Crippen LogP contribution in [-0.2, 0) is 0 Å². The molecule has 0 amide bonds. The predicted molar refractivity (Wildman–Crippen MR) is 95.0 cm³/mol. The number of nitrogens with zero attached hydrogens (tertiary/aromatic N) is 1. The van der Waals surface area contributed by atoms with E-state index < -0.39 is 0 Å². The van der Waals surface area contributed by atoms with Crippen LogP contribution in [0.5, 0.6) is 0 Å². The Morgan fingerprint density at radius 3 is 2.67 bits per heavy atom. The number of thioether (sulfide) groups is 1. The van der Waals surface area contributed by atoms with E-state index in [4.69, 9.17) is 0 Å². The Hall–Kier alpha value is -0.510. The molecule has 1 N–H and O–H groups in total. The summed E-state index contributed by atoms with van der Waals surface area (Å²) in [6.07, 6.45) is 0. The summed E-state index contributed by atoms with van der Waals surface area (Å²) < 4.78 is 0. The van der Waals surface area contributed by atoms with Crippen LogP contribution in [0.25, 0.3) is 0 Å². The van der Waals surface area contributed by atoms with Crippen LogP contribution >= 0.6 is 11.8 Å². The van der Waals surface area contributed by atoms with Crippen molar-refractivity contribution in [3.8, 4) is 0 Å². The second kappa shape index (κ2) is 7.66. The monoisotopic (exact) mass is 306 g/mol. The van der Waals surface area contributed by atoms with E-state index in [1.807, 2.05) is 0 Å². The largest absolute Gasteiger partial charge is 0.310 e. The summed E-state index contributed by atoms with van der Waals surface area (Å²) in [5.41, 5.74) is 1.63. The molecule has 0 radical (unpaired) electrons. The number of rotatable bonds is 6. The molecule has 1 aliphatic heterocycles. The second-order valence-corrected chi connectivity index (χ2v) is 8.35. The third-order valence-corrected chi connectivity index (χ3v) is 5.42. The zero-order chi connectivity index (χ0) is 15.3. The molecule has 118 valence electrons. The molecule has 1 heterocycles. The lowest BCUT2D eigenvalue weighted by Crippen LogP contribution is -2.46. The van der Waals surface area contributed by atoms with Crippen molar-refractivity contribution in [2.45, 2.75) is 39.0 Å². The molecule has 1 aliphatic rings. The molecule has 0 saturated carbocycles. The molecule has 21 heavy (non-hydrogen) atoms. The van der Waals surface area contributed by atoms with Crippen molar-refractivity contribution < 1.29 is 0 Å². The van der Waals surface area contributed by atoms with Crippen LogP contribution in [0.3, 0.4) is 0 Å². The fourth-order valence-electron chi connectivity index (χ4n) is 3.40. The van der Waals surface area contributed by atoms with Gasteiger partial charge in [0.1, 0.15) is 0 Å². The molecule has 1 aromatic rings. The minimum Gasteiger partial charge on any atom is -0.310 e. The van der Waals surface area contributed by atoms with E-state index in [2.05, 4.69) is 80.0 Å². The highest BCUT2D eigenvalue weighted by atomic mass is 32.2. The highest BCUT2D eigenvalue weighted by Gasteiger charge is 2.33. The van der Waals surface area contributed by atoms with Gasteiger partial charge in [0.05, 0.1) is 0 Å². The van der Waals surface area contributed by atoms with Gasteiger partial charge < -0.3 is 10.2 Å². The Morgan fingerprint density at radius 2 is 2.05 bits per heavy atom. The third kappa shape index (κ3) is 4.73. The summed E-state index contributed by atoms with van der Waals surface area (Å²) in [6, 6.07) is 11.3. The van der Waals surface area contributed by atoms with Gasteiger partial charge in [0.2, 0.25) is 0 Å². The van der Waals surface area contributed by atoms with Gasteiger partial charge in [-0.05, 0) is 17.5 Å². The van der Waals surface area contributed by atoms with Crippen molar-refractivity contribution in [1.82, 2.24) is 10.2 Å². The van der Waals surface area contributed by atoms with Gasteiger partial charge in [-0.25, -0.2) is 0 Å². The third-order valence-electron chi connectivity index (χ3n) is 4.28.